The van der Waals surface area contributed by atoms with Crippen molar-refractivity contribution in [2.75, 3.05) is 5.32 Å². The highest BCUT2D eigenvalue weighted by molar-refractivity contribution is 7.14. The van der Waals surface area contributed by atoms with Crippen LogP contribution < -0.4 is 10.6 Å². The fourth-order valence-corrected chi connectivity index (χ4v) is 4.80. The lowest BCUT2D eigenvalue weighted by molar-refractivity contribution is -0.118. The number of anilines is 1. The number of nitrogens with zero attached hydrogens (tertiary/aromatic N) is 1. The van der Waals surface area contributed by atoms with Crippen LogP contribution in [0.1, 0.15) is 32.1 Å². The predicted molar refractivity (Wildman–Crippen MR) is 151 cm³/mol. The van der Waals surface area contributed by atoms with Gasteiger partial charge in [0, 0.05) is 27.7 Å². The van der Waals surface area contributed by atoms with Gasteiger partial charge >= 0.3 is 5.97 Å². The van der Waals surface area contributed by atoms with Gasteiger partial charge in [0.2, 0.25) is 5.91 Å². The summed E-state index contributed by atoms with van der Waals surface area (Å²) >= 11 is 7.16. The largest absolute Gasteiger partial charge is 0.456 e. The molecule has 0 spiro atoms. The van der Waals surface area contributed by atoms with Crippen LogP contribution in [0.4, 0.5) is 5.13 Å². The number of aromatic nitrogens is 2. The summed E-state index contributed by atoms with van der Waals surface area (Å²) in [7, 11) is 0. The number of ether oxygens (including phenoxy) is 1. The van der Waals surface area contributed by atoms with Crippen LogP contribution in [0.15, 0.2) is 90.3 Å². The lowest BCUT2D eigenvalue weighted by Gasteiger charge is -2.17. The van der Waals surface area contributed by atoms with Crippen molar-refractivity contribution in [3.8, 4) is 0 Å². The van der Waals surface area contributed by atoms with Gasteiger partial charge in [-0.3, -0.25) is 9.59 Å². The fourth-order valence-electron chi connectivity index (χ4n) is 3.94. The number of benzene rings is 3. The highest BCUT2D eigenvalue weighted by Gasteiger charge is 2.24. The Labute approximate surface area is 233 Å². The summed E-state index contributed by atoms with van der Waals surface area (Å²) in [5, 5.41) is 8.62. The number of esters is 1. The molecular weight excluding hydrogens is 536 g/mol. The summed E-state index contributed by atoms with van der Waals surface area (Å²) in [6.45, 7) is 0.115. The summed E-state index contributed by atoms with van der Waals surface area (Å²) in [5.74, 6) is -1.50. The number of amides is 2. The zero-order chi connectivity index (χ0) is 27.2. The number of fused-ring (bicyclic) bond motifs is 1. The first-order valence-electron chi connectivity index (χ1n) is 12.0. The maximum absolute atomic E-state index is 13.3. The van der Waals surface area contributed by atoms with Crippen molar-refractivity contribution >= 4 is 56.8 Å². The molecule has 2 aromatic heterocycles. The maximum Gasteiger partial charge on any atom is 0.358 e. The molecule has 3 N–H and O–H groups in total. The molecule has 0 aliphatic rings. The van der Waals surface area contributed by atoms with E-state index in [-0.39, 0.29) is 23.9 Å². The molecule has 39 heavy (non-hydrogen) atoms. The minimum Gasteiger partial charge on any atom is -0.456 e. The van der Waals surface area contributed by atoms with Gasteiger partial charge in [-0.25, -0.2) is 9.78 Å². The summed E-state index contributed by atoms with van der Waals surface area (Å²) in [4.78, 5) is 46.1. The third-order valence-corrected chi connectivity index (χ3v) is 6.88. The van der Waals surface area contributed by atoms with E-state index in [1.54, 1.807) is 24.3 Å². The molecule has 10 heteroatoms. The maximum atomic E-state index is 13.3. The minimum atomic E-state index is -0.910. The molecule has 0 aliphatic heterocycles. The number of hydrogen-bond donors (Lipinski definition) is 3. The predicted octanol–water partition coefficient (Wildman–Crippen LogP) is 5.61. The van der Waals surface area contributed by atoms with Crippen LogP contribution >= 0.6 is 22.9 Å². The third-order valence-electron chi connectivity index (χ3n) is 5.89. The molecule has 0 aliphatic carbocycles. The number of carbonyl (C=O) groups excluding carboxylic acids is 3. The Kier molecular flexibility index (Phi) is 8.00. The summed E-state index contributed by atoms with van der Waals surface area (Å²) in [6, 6.07) is 24.7. The molecule has 8 nitrogen and oxygen atoms in total. The van der Waals surface area contributed by atoms with E-state index in [1.165, 1.54) is 5.38 Å². The Morgan fingerprint density at radius 2 is 1.67 bits per heavy atom. The highest BCUT2D eigenvalue weighted by Crippen LogP contribution is 2.21. The van der Waals surface area contributed by atoms with Gasteiger partial charge in [0.25, 0.3) is 5.91 Å². The second kappa shape index (κ2) is 11.9. The molecule has 5 aromatic rings. The fraction of sp³-hybridized carbons (Fsp3) is 0.103. The van der Waals surface area contributed by atoms with E-state index in [1.807, 2.05) is 60.7 Å². The number of rotatable bonds is 9. The van der Waals surface area contributed by atoms with Crippen LogP contribution in [-0.4, -0.2) is 33.8 Å². The molecule has 0 saturated carbocycles. The lowest BCUT2D eigenvalue weighted by Crippen LogP contribution is -2.45. The second-order valence-electron chi connectivity index (χ2n) is 8.72. The van der Waals surface area contributed by atoms with E-state index in [0.717, 1.165) is 33.4 Å². The van der Waals surface area contributed by atoms with Crippen LogP contribution in [0.3, 0.4) is 0 Å². The Morgan fingerprint density at radius 3 is 2.41 bits per heavy atom. The average molecular weight is 559 g/mol. The van der Waals surface area contributed by atoms with E-state index in [9.17, 15) is 14.4 Å². The minimum absolute atomic E-state index is 0.0895. The first-order valence-corrected chi connectivity index (χ1v) is 13.3. The molecule has 0 bridgehead atoms. The first-order chi connectivity index (χ1) is 18.9. The van der Waals surface area contributed by atoms with E-state index in [0.29, 0.717) is 10.7 Å². The lowest BCUT2D eigenvalue weighted by atomic mass is 10.1. The standard InChI is InChI=1S/C29H23ClN4O4S/c30-21-11-12-22-20(14-21)15-24(31-22)26(35)32-23(13-18-7-3-1-4-8-18)27(36)34-29-33-25(17-39-29)28(37)38-16-19-9-5-2-6-10-19/h1-12,14-15,17,23,31H,13,16H2,(H,32,35)(H,33,34,36)/t23-/m0/s1. The number of hydrogen-bond acceptors (Lipinski definition) is 6. The Bertz CT molecular complexity index is 1620. The summed E-state index contributed by atoms with van der Waals surface area (Å²) < 4.78 is 5.32. The van der Waals surface area contributed by atoms with Crippen LogP contribution in [0.2, 0.25) is 5.02 Å². The molecule has 196 valence electrons. The number of thiazole rings is 1. The van der Waals surface area contributed by atoms with E-state index in [2.05, 4.69) is 20.6 Å². The van der Waals surface area contributed by atoms with Crippen molar-refractivity contribution in [2.45, 2.75) is 19.1 Å². The van der Waals surface area contributed by atoms with Gasteiger partial charge < -0.3 is 20.4 Å². The Hall–Kier alpha value is -4.47. The zero-order valence-electron chi connectivity index (χ0n) is 20.5. The highest BCUT2D eigenvalue weighted by atomic mass is 35.5. The molecule has 2 heterocycles. The van der Waals surface area contributed by atoms with Crippen LogP contribution in [0, 0.1) is 0 Å². The molecule has 0 radical (unpaired) electrons. The summed E-state index contributed by atoms with van der Waals surface area (Å²) in [6.07, 6.45) is 0.252. The van der Waals surface area contributed by atoms with Crippen molar-refractivity contribution in [1.29, 1.82) is 0 Å². The van der Waals surface area contributed by atoms with Crippen molar-refractivity contribution in [3.63, 3.8) is 0 Å². The second-order valence-corrected chi connectivity index (χ2v) is 10.0. The summed E-state index contributed by atoms with van der Waals surface area (Å²) in [5.41, 5.74) is 2.86. The number of nitrogens with one attached hydrogen (secondary N) is 3. The smallest absolute Gasteiger partial charge is 0.358 e. The van der Waals surface area contributed by atoms with Gasteiger partial charge in [0.05, 0.1) is 0 Å². The van der Waals surface area contributed by atoms with Crippen molar-refractivity contribution < 1.29 is 19.1 Å². The van der Waals surface area contributed by atoms with Gasteiger partial charge in [-0.15, -0.1) is 11.3 Å². The quantitative estimate of drug-likeness (QED) is 0.203. The van der Waals surface area contributed by atoms with Crippen molar-refractivity contribution in [2.24, 2.45) is 0 Å². The van der Waals surface area contributed by atoms with E-state index in [4.69, 9.17) is 16.3 Å². The normalized spacial score (nSPS) is 11.6. The van der Waals surface area contributed by atoms with Gasteiger partial charge in [-0.2, -0.15) is 0 Å². The van der Waals surface area contributed by atoms with E-state index < -0.39 is 23.8 Å². The SMILES string of the molecule is O=C(OCc1ccccc1)c1csc(NC(=O)[C@H](Cc2ccccc2)NC(=O)c2cc3cc(Cl)ccc3[nH]2)n1. The van der Waals surface area contributed by atoms with Crippen molar-refractivity contribution in [1.82, 2.24) is 15.3 Å². The molecule has 1 atom stereocenters. The number of carbonyl (C=O) groups is 3. The first kappa shape index (κ1) is 26.1. The van der Waals surface area contributed by atoms with Gasteiger partial charge in [0.1, 0.15) is 18.3 Å². The number of halogens is 1. The average Bonchev–Trinajstić information content (AvgIpc) is 3.59. The Balaban J connectivity index is 1.28. The molecule has 0 unspecified atom stereocenters. The zero-order valence-corrected chi connectivity index (χ0v) is 22.1. The Morgan fingerprint density at radius 1 is 0.949 bits per heavy atom. The monoisotopic (exact) mass is 558 g/mol. The molecule has 2 amide bonds. The van der Waals surface area contributed by atoms with Gasteiger partial charge in [-0.05, 0) is 35.4 Å². The van der Waals surface area contributed by atoms with Gasteiger partial charge in [-0.1, -0.05) is 72.3 Å². The molecule has 0 saturated heterocycles. The molecular formula is C29H23ClN4O4S. The topological polar surface area (TPSA) is 113 Å². The van der Waals surface area contributed by atoms with Gasteiger partial charge in [0.15, 0.2) is 10.8 Å². The van der Waals surface area contributed by atoms with Crippen LogP contribution in [0.5, 0.6) is 0 Å². The van der Waals surface area contributed by atoms with E-state index >= 15 is 0 Å². The number of H-pyrrole nitrogens is 1. The molecule has 3 aromatic carbocycles. The van der Waals surface area contributed by atoms with Crippen molar-refractivity contribution in [3.05, 3.63) is 118 Å². The van der Waals surface area contributed by atoms with Crippen LogP contribution in [0.25, 0.3) is 10.9 Å². The van der Waals surface area contributed by atoms with Crippen LogP contribution in [-0.2, 0) is 22.6 Å². The number of aromatic amines is 1. The molecule has 0 fully saturated rings. The molecule has 5 rings (SSSR count). The third kappa shape index (κ3) is 6.70.